The Hall–Kier alpha value is -0.695. The van der Waals surface area contributed by atoms with Gasteiger partial charge in [0.2, 0.25) is 0 Å². The predicted octanol–water partition coefficient (Wildman–Crippen LogP) is 6.32. The van der Waals surface area contributed by atoms with Gasteiger partial charge in [0.25, 0.3) is 0 Å². The summed E-state index contributed by atoms with van der Waals surface area (Å²) in [5, 5.41) is 0. The van der Waals surface area contributed by atoms with Gasteiger partial charge in [0.15, 0.2) is 0 Å². The molecule has 182 valence electrons. The van der Waals surface area contributed by atoms with Crippen LogP contribution in [0.2, 0.25) is 0 Å². The van der Waals surface area contributed by atoms with Crippen molar-refractivity contribution in [3.8, 4) is 9.75 Å². The Morgan fingerprint density at radius 1 is 0.879 bits per heavy atom. The highest BCUT2D eigenvalue weighted by atomic mass is 32.1. The number of hydrogen-bond donors (Lipinski definition) is 0. The Morgan fingerprint density at radius 3 is 2.21 bits per heavy atom. The predicted molar refractivity (Wildman–Crippen MR) is 140 cm³/mol. The van der Waals surface area contributed by atoms with Crippen molar-refractivity contribution < 1.29 is 18.8 Å². The highest BCUT2D eigenvalue weighted by molar-refractivity contribution is 7.28. The quantitative estimate of drug-likeness (QED) is 0.258. The molecule has 2 aliphatic rings. The maximum atomic E-state index is 6.21. The Balaban J connectivity index is 1.16. The van der Waals surface area contributed by atoms with Gasteiger partial charge in [0.1, 0.15) is 0 Å². The molecule has 2 aliphatic heterocycles. The van der Waals surface area contributed by atoms with E-state index in [1.165, 1.54) is 33.9 Å². The van der Waals surface area contributed by atoms with Crippen LogP contribution in [0.3, 0.4) is 0 Å². The minimum absolute atomic E-state index is 0.272. The van der Waals surface area contributed by atoms with Crippen LogP contribution in [0.1, 0.15) is 71.6 Å². The summed E-state index contributed by atoms with van der Waals surface area (Å²) in [6.07, 6.45) is 7.24. The number of aryl methyl sites for hydroxylation is 1. The normalized spacial score (nSPS) is 20.8. The van der Waals surface area contributed by atoms with E-state index in [0.717, 1.165) is 50.5 Å². The lowest BCUT2D eigenvalue weighted by Gasteiger charge is -2.40. The molecule has 0 saturated carbocycles. The van der Waals surface area contributed by atoms with Crippen molar-refractivity contribution in [1.82, 2.24) is 0 Å². The van der Waals surface area contributed by atoms with Crippen molar-refractivity contribution in [2.24, 2.45) is 5.41 Å². The van der Waals surface area contributed by atoms with E-state index in [1.807, 2.05) is 11.3 Å². The highest BCUT2D eigenvalue weighted by Crippen LogP contribution is 2.38. The SMILES string of the molecule is CCC1(COCCCCCCc2ccc(-c3ccc(B4OC(C)(C)C(C)(C)O4)s3)s2)COC1. The van der Waals surface area contributed by atoms with E-state index in [0.29, 0.717) is 5.41 Å². The minimum atomic E-state index is -0.298. The zero-order valence-corrected chi connectivity index (χ0v) is 22.5. The third-order valence-corrected chi connectivity index (χ3v) is 9.90. The fourth-order valence-corrected chi connectivity index (χ4v) is 6.25. The lowest BCUT2D eigenvalue weighted by atomic mass is 9.84. The highest BCUT2D eigenvalue weighted by Gasteiger charge is 2.52. The maximum Gasteiger partial charge on any atom is 0.505 e. The summed E-state index contributed by atoms with van der Waals surface area (Å²) in [4.78, 5) is 4.12. The summed E-state index contributed by atoms with van der Waals surface area (Å²) < 4.78 is 24.9. The van der Waals surface area contributed by atoms with Crippen LogP contribution in [0.15, 0.2) is 24.3 Å². The minimum Gasteiger partial charge on any atom is -0.399 e. The van der Waals surface area contributed by atoms with Crippen LogP contribution in [0.4, 0.5) is 0 Å². The molecule has 0 amide bonds. The first-order valence-electron chi connectivity index (χ1n) is 12.4. The van der Waals surface area contributed by atoms with Gasteiger partial charge >= 0.3 is 7.12 Å². The van der Waals surface area contributed by atoms with Crippen molar-refractivity contribution >= 4 is 34.6 Å². The van der Waals surface area contributed by atoms with Crippen LogP contribution in [-0.2, 0) is 25.2 Å². The zero-order chi connectivity index (χ0) is 23.5. The molecule has 0 radical (unpaired) electrons. The van der Waals surface area contributed by atoms with Crippen molar-refractivity contribution in [3.05, 3.63) is 29.1 Å². The van der Waals surface area contributed by atoms with Crippen LogP contribution in [-0.4, -0.2) is 44.7 Å². The van der Waals surface area contributed by atoms with E-state index < -0.39 is 0 Å². The average molecular weight is 491 g/mol. The first-order chi connectivity index (χ1) is 15.7. The maximum absolute atomic E-state index is 6.21. The van der Waals surface area contributed by atoms with Crippen LogP contribution >= 0.6 is 22.7 Å². The molecule has 0 aromatic carbocycles. The van der Waals surface area contributed by atoms with Gasteiger partial charge in [-0.1, -0.05) is 25.8 Å². The fraction of sp³-hybridized carbons (Fsp3) is 0.692. The summed E-state index contributed by atoms with van der Waals surface area (Å²) in [6.45, 7) is 14.1. The van der Waals surface area contributed by atoms with E-state index in [1.54, 1.807) is 11.3 Å². The van der Waals surface area contributed by atoms with E-state index in [-0.39, 0.29) is 18.3 Å². The van der Waals surface area contributed by atoms with Crippen molar-refractivity contribution in [1.29, 1.82) is 0 Å². The summed E-state index contributed by atoms with van der Waals surface area (Å²) in [5.41, 5.74) is -0.287. The summed E-state index contributed by atoms with van der Waals surface area (Å²) in [7, 11) is -0.272. The number of thiophene rings is 2. The Kier molecular flexibility index (Phi) is 8.09. The largest absolute Gasteiger partial charge is 0.505 e. The standard InChI is InChI=1S/C26H39BO4S2/c1-6-26(18-29-19-26)17-28-16-10-8-7-9-11-20-12-13-21(32-20)22-14-15-23(33-22)27-30-24(2,3)25(4,5)31-27/h12-15H,6-11,16-19H2,1-5H3. The molecule has 0 unspecified atom stereocenters. The van der Waals surface area contributed by atoms with Gasteiger partial charge < -0.3 is 18.8 Å². The molecule has 2 fully saturated rings. The smallest absolute Gasteiger partial charge is 0.399 e. The number of ether oxygens (including phenoxy) is 2. The molecular weight excluding hydrogens is 451 g/mol. The van der Waals surface area contributed by atoms with Gasteiger partial charge in [-0.15, -0.1) is 22.7 Å². The average Bonchev–Trinajstić information content (AvgIpc) is 3.44. The summed E-state index contributed by atoms with van der Waals surface area (Å²) in [5.74, 6) is 0. The van der Waals surface area contributed by atoms with E-state index in [9.17, 15) is 0 Å². The van der Waals surface area contributed by atoms with E-state index in [4.69, 9.17) is 18.8 Å². The van der Waals surface area contributed by atoms with Gasteiger partial charge in [-0.25, -0.2) is 0 Å². The molecule has 4 heterocycles. The van der Waals surface area contributed by atoms with E-state index in [2.05, 4.69) is 58.9 Å². The Labute approximate surface area is 208 Å². The van der Waals surface area contributed by atoms with Crippen molar-refractivity contribution in [2.45, 2.75) is 84.3 Å². The van der Waals surface area contributed by atoms with Gasteiger partial charge in [0.05, 0.1) is 31.0 Å². The first kappa shape index (κ1) is 25.4. The Morgan fingerprint density at radius 2 is 1.55 bits per heavy atom. The fourth-order valence-electron chi connectivity index (χ4n) is 4.14. The third-order valence-electron chi connectivity index (χ3n) is 7.45. The molecule has 0 spiro atoms. The van der Waals surface area contributed by atoms with Gasteiger partial charge in [-0.05, 0) is 71.6 Å². The van der Waals surface area contributed by atoms with Gasteiger partial charge in [-0.2, -0.15) is 0 Å². The monoisotopic (exact) mass is 490 g/mol. The lowest BCUT2D eigenvalue weighted by Crippen LogP contribution is -2.45. The molecule has 0 atom stereocenters. The van der Waals surface area contributed by atoms with Crippen LogP contribution in [0.25, 0.3) is 9.75 Å². The Bertz CT molecular complexity index is 878. The second kappa shape index (κ2) is 10.5. The molecule has 0 aliphatic carbocycles. The first-order valence-corrected chi connectivity index (χ1v) is 14.1. The molecule has 2 saturated heterocycles. The second-order valence-corrected chi connectivity index (χ2v) is 12.9. The molecule has 0 bridgehead atoms. The molecule has 2 aromatic heterocycles. The van der Waals surface area contributed by atoms with Crippen molar-refractivity contribution in [3.63, 3.8) is 0 Å². The molecule has 0 N–H and O–H groups in total. The number of hydrogen-bond acceptors (Lipinski definition) is 6. The van der Waals surface area contributed by atoms with Crippen LogP contribution in [0.5, 0.6) is 0 Å². The summed E-state index contributed by atoms with van der Waals surface area (Å²) >= 11 is 3.70. The number of unbranched alkanes of at least 4 members (excludes halogenated alkanes) is 3. The third kappa shape index (κ3) is 5.93. The van der Waals surface area contributed by atoms with Crippen LogP contribution in [0, 0.1) is 5.41 Å². The molecule has 4 nitrogen and oxygen atoms in total. The molecule has 2 aromatic rings. The van der Waals surface area contributed by atoms with Gasteiger partial charge in [-0.3, -0.25) is 0 Å². The molecular formula is C26H39BO4S2. The lowest BCUT2D eigenvalue weighted by molar-refractivity contribution is -0.150. The topological polar surface area (TPSA) is 36.9 Å². The van der Waals surface area contributed by atoms with Gasteiger partial charge in [0, 0.05) is 31.4 Å². The number of rotatable bonds is 12. The molecule has 7 heteroatoms. The zero-order valence-electron chi connectivity index (χ0n) is 20.9. The second-order valence-electron chi connectivity index (χ2n) is 10.6. The van der Waals surface area contributed by atoms with Crippen LogP contribution < -0.4 is 4.78 Å². The molecule has 33 heavy (non-hydrogen) atoms. The molecule has 4 rings (SSSR count). The summed E-state index contributed by atoms with van der Waals surface area (Å²) in [6, 6.07) is 8.92. The van der Waals surface area contributed by atoms with Crippen molar-refractivity contribution in [2.75, 3.05) is 26.4 Å². The van der Waals surface area contributed by atoms with E-state index >= 15 is 0 Å².